The zero-order valence-corrected chi connectivity index (χ0v) is 12.1. The summed E-state index contributed by atoms with van der Waals surface area (Å²) in [6, 6.07) is 0.293. The molecule has 4 unspecified atom stereocenters. The van der Waals surface area contributed by atoms with Gasteiger partial charge >= 0.3 is 0 Å². The maximum Gasteiger partial charge on any atom is 0.224 e. The number of nitrogens with two attached hydrogens (primary N) is 1. The van der Waals surface area contributed by atoms with Crippen LogP contribution in [-0.2, 0) is 4.79 Å². The van der Waals surface area contributed by atoms with E-state index in [1.807, 2.05) is 25.6 Å². The minimum Gasteiger partial charge on any atom is -0.353 e. The molecule has 100 valence electrons. The molecule has 0 bridgehead atoms. The van der Waals surface area contributed by atoms with Crippen LogP contribution in [0.4, 0.5) is 0 Å². The van der Waals surface area contributed by atoms with Crippen LogP contribution in [0.1, 0.15) is 46.5 Å². The third-order valence-electron chi connectivity index (χ3n) is 3.58. The molecular formula is C13H26N2OS. The summed E-state index contributed by atoms with van der Waals surface area (Å²) in [5, 5.41) is 3.88. The van der Waals surface area contributed by atoms with Gasteiger partial charge in [0.05, 0.1) is 0 Å². The van der Waals surface area contributed by atoms with E-state index >= 15 is 0 Å². The molecule has 3 nitrogen and oxygen atoms in total. The molecule has 1 amide bonds. The molecule has 4 atom stereocenters. The summed E-state index contributed by atoms with van der Waals surface area (Å²) in [6.45, 7) is 5.99. The Balaban J connectivity index is 2.38. The van der Waals surface area contributed by atoms with Crippen molar-refractivity contribution in [3.8, 4) is 0 Å². The van der Waals surface area contributed by atoms with Crippen molar-refractivity contribution >= 4 is 17.7 Å². The largest absolute Gasteiger partial charge is 0.353 e. The lowest BCUT2D eigenvalue weighted by atomic mass is 9.94. The minimum atomic E-state index is -0.0887. The molecule has 17 heavy (non-hydrogen) atoms. The van der Waals surface area contributed by atoms with Crippen LogP contribution in [0.2, 0.25) is 0 Å². The van der Waals surface area contributed by atoms with Gasteiger partial charge in [0, 0.05) is 23.3 Å². The Bertz CT molecular complexity index is 244. The number of thioether (sulfide) groups is 1. The second-order valence-corrected chi connectivity index (χ2v) is 6.67. The van der Waals surface area contributed by atoms with Crippen LogP contribution in [0.3, 0.4) is 0 Å². The Morgan fingerprint density at radius 3 is 2.76 bits per heavy atom. The highest BCUT2D eigenvalue weighted by Gasteiger charge is 2.25. The highest BCUT2D eigenvalue weighted by molar-refractivity contribution is 7.99. The Kier molecular flexibility index (Phi) is 6.34. The molecule has 1 aliphatic rings. The molecule has 0 aromatic carbocycles. The van der Waals surface area contributed by atoms with E-state index in [2.05, 4.69) is 12.2 Å². The van der Waals surface area contributed by atoms with Gasteiger partial charge in [-0.3, -0.25) is 4.79 Å². The maximum atomic E-state index is 11.9. The summed E-state index contributed by atoms with van der Waals surface area (Å²) in [6.07, 6.45) is 4.77. The van der Waals surface area contributed by atoms with Crippen molar-refractivity contribution in [3.63, 3.8) is 0 Å². The fraction of sp³-hybridized carbons (Fsp3) is 0.923. The fourth-order valence-corrected chi connectivity index (χ4v) is 3.41. The van der Waals surface area contributed by atoms with E-state index in [-0.39, 0.29) is 17.9 Å². The SMILES string of the molecule is CCSC1CCCC(NC(=O)C(C)C(C)N)C1. The molecule has 0 spiro atoms. The van der Waals surface area contributed by atoms with Crippen molar-refractivity contribution in [1.29, 1.82) is 0 Å². The van der Waals surface area contributed by atoms with E-state index in [1.54, 1.807) is 0 Å². The molecule has 1 fully saturated rings. The lowest BCUT2D eigenvalue weighted by Crippen LogP contribution is -2.45. The summed E-state index contributed by atoms with van der Waals surface area (Å²) in [4.78, 5) is 11.9. The highest BCUT2D eigenvalue weighted by Crippen LogP contribution is 2.28. The standard InChI is InChI=1S/C13H26N2OS/c1-4-17-12-7-5-6-11(8-12)15-13(16)9(2)10(3)14/h9-12H,4-8,14H2,1-3H3,(H,15,16). The predicted octanol–water partition coefficient (Wildman–Crippen LogP) is 2.15. The van der Waals surface area contributed by atoms with Crippen molar-refractivity contribution in [3.05, 3.63) is 0 Å². The third-order valence-corrected chi connectivity index (χ3v) is 4.81. The van der Waals surface area contributed by atoms with Crippen LogP contribution in [0.15, 0.2) is 0 Å². The number of nitrogens with one attached hydrogen (secondary N) is 1. The van der Waals surface area contributed by atoms with Gasteiger partial charge in [-0.1, -0.05) is 20.3 Å². The van der Waals surface area contributed by atoms with Crippen LogP contribution < -0.4 is 11.1 Å². The maximum absolute atomic E-state index is 11.9. The lowest BCUT2D eigenvalue weighted by Gasteiger charge is -2.30. The first-order valence-corrected chi connectivity index (χ1v) is 7.77. The van der Waals surface area contributed by atoms with E-state index in [0.717, 1.165) is 18.1 Å². The average molecular weight is 258 g/mol. The highest BCUT2D eigenvalue weighted by atomic mass is 32.2. The number of amides is 1. The van der Waals surface area contributed by atoms with Gasteiger partial charge in [0.2, 0.25) is 5.91 Å². The summed E-state index contributed by atoms with van der Waals surface area (Å²) in [5.74, 6) is 1.20. The molecule has 1 saturated carbocycles. The first kappa shape index (κ1) is 14.8. The van der Waals surface area contributed by atoms with Crippen LogP contribution in [0.5, 0.6) is 0 Å². The van der Waals surface area contributed by atoms with Gasteiger partial charge < -0.3 is 11.1 Å². The molecule has 1 rings (SSSR count). The Morgan fingerprint density at radius 2 is 2.18 bits per heavy atom. The second-order valence-electron chi connectivity index (χ2n) is 5.10. The van der Waals surface area contributed by atoms with Crippen LogP contribution in [-0.4, -0.2) is 29.0 Å². The van der Waals surface area contributed by atoms with Gasteiger partial charge in [-0.2, -0.15) is 11.8 Å². The number of carbonyl (C=O) groups is 1. The molecule has 4 heteroatoms. The number of hydrogen-bond acceptors (Lipinski definition) is 3. The van der Waals surface area contributed by atoms with Crippen molar-refractivity contribution < 1.29 is 4.79 Å². The van der Waals surface area contributed by atoms with E-state index < -0.39 is 0 Å². The molecule has 1 aliphatic carbocycles. The van der Waals surface area contributed by atoms with E-state index in [9.17, 15) is 4.79 Å². The van der Waals surface area contributed by atoms with Crippen LogP contribution in [0, 0.1) is 5.92 Å². The van der Waals surface area contributed by atoms with Gasteiger partial charge in [0.15, 0.2) is 0 Å². The Labute approximate surface area is 109 Å². The number of carbonyl (C=O) groups excluding carboxylic acids is 1. The second kappa shape index (κ2) is 7.27. The van der Waals surface area contributed by atoms with Crippen molar-refractivity contribution in [2.45, 2.75) is 63.8 Å². The average Bonchev–Trinajstić information content (AvgIpc) is 2.28. The lowest BCUT2D eigenvalue weighted by molar-refractivity contribution is -0.125. The molecule has 0 heterocycles. The smallest absolute Gasteiger partial charge is 0.224 e. The first-order valence-electron chi connectivity index (χ1n) is 6.72. The number of rotatable bonds is 5. The van der Waals surface area contributed by atoms with Gasteiger partial charge in [0.25, 0.3) is 0 Å². The third kappa shape index (κ3) is 4.88. The molecule has 0 aliphatic heterocycles. The molecule has 0 aromatic rings. The Hall–Kier alpha value is -0.220. The van der Waals surface area contributed by atoms with Gasteiger partial charge in [-0.05, 0) is 31.9 Å². The van der Waals surface area contributed by atoms with Crippen molar-refractivity contribution in [2.75, 3.05) is 5.75 Å². The zero-order valence-electron chi connectivity index (χ0n) is 11.2. The van der Waals surface area contributed by atoms with Gasteiger partial charge in [0.1, 0.15) is 0 Å². The topological polar surface area (TPSA) is 55.1 Å². The fourth-order valence-electron chi connectivity index (χ4n) is 2.23. The van der Waals surface area contributed by atoms with Crippen LogP contribution in [0.25, 0.3) is 0 Å². The summed E-state index contributed by atoms with van der Waals surface area (Å²) in [5.41, 5.74) is 5.75. The summed E-state index contributed by atoms with van der Waals surface area (Å²) < 4.78 is 0. The first-order chi connectivity index (χ1) is 8.04. The van der Waals surface area contributed by atoms with Crippen molar-refractivity contribution in [1.82, 2.24) is 5.32 Å². The summed E-state index contributed by atoms with van der Waals surface area (Å²) in [7, 11) is 0. The normalized spacial score (nSPS) is 28.5. The minimum absolute atomic E-state index is 0.0700. The monoisotopic (exact) mass is 258 g/mol. The molecule has 0 aromatic heterocycles. The van der Waals surface area contributed by atoms with E-state index in [4.69, 9.17) is 5.73 Å². The van der Waals surface area contributed by atoms with Crippen LogP contribution >= 0.6 is 11.8 Å². The predicted molar refractivity (Wildman–Crippen MR) is 75.1 cm³/mol. The molecule has 0 radical (unpaired) electrons. The van der Waals surface area contributed by atoms with E-state index in [1.165, 1.54) is 18.6 Å². The van der Waals surface area contributed by atoms with Crippen molar-refractivity contribution in [2.24, 2.45) is 11.7 Å². The Morgan fingerprint density at radius 1 is 1.47 bits per heavy atom. The van der Waals surface area contributed by atoms with Gasteiger partial charge in [-0.25, -0.2) is 0 Å². The number of hydrogen-bond donors (Lipinski definition) is 2. The zero-order chi connectivity index (χ0) is 12.8. The quantitative estimate of drug-likeness (QED) is 0.794. The molecule has 3 N–H and O–H groups in total. The van der Waals surface area contributed by atoms with E-state index in [0.29, 0.717) is 6.04 Å². The van der Waals surface area contributed by atoms with Gasteiger partial charge in [-0.15, -0.1) is 0 Å². The molecule has 0 saturated heterocycles. The molecular weight excluding hydrogens is 232 g/mol. The summed E-state index contributed by atoms with van der Waals surface area (Å²) >= 11 is 2.02.